The van der Waals surface area contributed by atoms with Crippen LogP contribution in [-0.4, -0.2) is 42.6 Å². The van der Waals surface area contributed by atoms with Gasteiger partial charge in [-0.15, -0.1) is 0 Å². The first-order valence-electron chi connectivity index (χ1n) is 5.56. The summed E-state index contributed by atoms with van der Waals surface area (Å²) in [7, 11) is 2.16. The van der Waals surface area contributed by atoms with Crippen LogP contribution in [0.1, 0.15) is 18.0 Å². The molecule has 1 saturated heterocycles. The molecule has 2 rings (SSSR count). The number of aromatic amines is 1. The molecule has 4 heteroatoms. The standard InChI is InChI=1S/C11H20N4/c1-15-5-4-14-10(8-15)6-11(12)9-2-3-13-7-9/h2-3,7,10-11,13-14H,4-6,8,12H2,1H3. The largest absolute Gasteiger partial charge is 0.367 e. The summed E-state index contributed by atoms with van der Waals surface area (Å²) in [4.78, 5) is 5.40. The van der Waals surface area contributed by atoms with Crippen molar-refractivity contribution in [1.29, 1.82) is 0 Å². The SMILES string of the molecule is CN1CCNC(CC(N)c2cc[nH]c2)C1. The van der Waals surface area contributed by atoms with Crippen LogP contribution < -0.4 is 11.1 Å². The summed E-state index contributed by atoms with van der Waals surface area (Å²) in [6, 6.07) is 2.71. The normalized spacial score (nSPS) is 25.3. The smallest absolute Gasteiger partial charge is 0.0325 e. The number of nitrogens with two attached hydrogens (primary N) is 1. The lowest BCUT2D eigenvalue weighted by molar-refractivity contribution is 0.226. The summed E-state index contributed by atoms with van der Waals surface area (Å²) < 4.78 is 0. The first-order valence-corrected chi connectivity index (χ1v) is 5.56. The average Bonchev–Trinajstić information content (AvgIpc) is 2.70. The van der Waals surface area contributed by atoms with Gasteiger partial charge < -0.3 is 20.9 Å². The molecule has 0 aliphatic carbocycles. The molecule has 1 fully saturated rings. The van der Waals surface area contributed by atoms with Gasteiger partial charge in [0.2, 0.25) is 0 Å². The number of rotatable bonds is 3. The molecule has 2 unspecified atom stereocenters. The summed E-state index contributed by atoms with van der Waals surface area (Å²) in [5.74, 6) is 0. The minimum absolute atomic E-state index is 0.139. The fourth-order valence-corrected chi connectivity index (χ4v) is 2.16. The molecule has 1 aromatic rings. The summed E-state index contributed by atoms with van der Waals surface area (Å²) >= 11 is 0. The molecular weight excluding hydrogens is 188 g/mol. The molecule has 2 atom stereocenters. The van der Waals surface area contributed by atoms with Crippen LogP contribution in [0, 0.1) is 0 Å². The van der Waals surface area contributed by atoms with Crippen molar-refractivity contribution in [3.05, 3.63) is 24.0 Å². The Morgan fingerprint density at radius 2 is 2.53 bits per heavy atom. The lowest BCUT2D eigenvalue weighted by atomic mass is 10.0. The van der Waals surface area contributed by atoms with Crippen molar-refractivity contribution in [3.63, 3.8) is 0 Å². The Labute approximate surface area is 90.8 Å². The van der Waals surface area contributed by atoms with E-state index in [1.54, 1.807) is 0 Å². The lowest BCUT2D eigenvalue weighted by Crippen LogP contribution is -2.49. The Morgan fingerprint density at radius 3 is 3.20 bits per heavy atom. The molecule has 0 saturated carbocycles. The van der Waals surface area contributed by atoms with E-state index in [1.165, 1.54) is 5.56 Å². The maximum atomic E-state index is 6.14. The predicted molar refractivity (Wildman–Crippen MR) is 61.6 cm³/mol. The Kier molecular flexibility index (Phi) is 3.41. The number of hydrogen-bond acceptors (Lipinski definition) is 3. The molecule has 84 valence electrons. The predicted octanol–water partition coefficient (Wildman–Crippen LogP) is 0.308. The van der Waals surface area contributed by atoms with E-state index in [1.807, 2.05) is 12.4 Å². The molecule has 15 heavy (non-hydrogen) atoms. The van der Waals surface area contributed by atoms with Gasteiger partial charge in [0, 0.05) is 44.1 Å². The highest BCUT2D eigenvalue weighted by Crippen LogP contribution is 2.16. The highest BCUT2D eigenvalue weighted by Gasteiger charge is 2.19. The molecular formula is C11H20N4. The number of aromatic nitrogens is 1. The summed E-state index contributed by atoms with van der Waals surface area (Å²) in [5.41, 5.74) is 7.34. The van der Waals surface area contributed by atoms with Gasteiger partial charge in [-0.1, -0.05) is 0 Å². The third-order valence-corrected chi connectivity index (χ3v) is 3.05. The third-order valence-electron chi connectivity index (χ3n) is 3.05. The fraction of sp³-hybridized carbons (Fsp3) is 0.636. The monoisotopic (exact) mass is 208 g/mol. The molecule has 0 amide bonds. The highest BCUT2D eigenvalue weighted by atomic mass is 15.2. The van der Waals surface area contributed by atoms with Crippen molar-refractivity contribution in [3.8, 4) is 0 Å². The van der Waals surface area contributed by atoms with Crippen LogP contribution in [0.25, 0.3) is 0 Å². The minimum atomic E-state index is 0.139. The van der Waals surface area contributed by atoms with Crippen molar-refractivity contribution >= 4 is 0 Å². The number of piperazine rings is 1. The number of nitrogens with zero attached hydrogens (tertiary/aromatic N) is 1. The number of nitrogens with one attached hydrogen (secondary N) is 2. The second kappa shape index (κ2) is 4.79. The van der Waals surface area contributed by atoms with Gasteiger partial charge in [0.15, 0.2) is 0 Å². The first kappa shape index (κ1) is 10.7. The first-order chi connectivity index (χ1) is 7.25. The van der Waals surface area contributed by atoms with Crippen LogP contribution in [0.4, 0.5) is 0 Å². The third kappa shape index (κ3) is 2.81. The van der Waals surface area contributed by atoms with Gasteiger partial charge in [0.25, 0.3) is 0 Å². The van der Waals surface area contributed by atoms with Crippen LogP contribution in [-0.2, 0) is 0 Å². The summed E-state index contributed by atoms with van der Waals surface area (Å²) in [5, 5.41) is 3.51. The molecule has 1 aromatic heterocycles. The molecule has 1 aliphatic heterocycles. The molecule has 1 aliphatic rings. The second-order valence-electron chi connectivity index (χ2n) is 4.40. The van der Waals surface area contributed by atoms with Crippen molar-refractivity contribution in [2.24, 2.45) is 5.73 Å². The quantitative estimate of drug-likeness (QED) is 0.670. The van der Waals surface area contributed by atoms with Gasteiger partial charge in [-0.2, -0.15) is 0 Å². The number of H-pyrrole nitrogens is 1. The zero-order valence-corrected chi connectivity index (χ0v) is 9.24. The van der Waals surface area contributed by atoms with Crippen molar-refractivity contribution < 1.29 is 0 Å². The van der Waals surface area contributed by atoms with Gasteiger partial charge in [0.1, 0.15) is 0 Å². The van der Waals surface area contributed by atoms with Gasteiger partial charge in [-0.05, 0) is 25.1 Å². The zero-order chi connectivity index (χ0) is 10.7. The second-order valence-corrected chi connectivity index (χ2v) is 4.40. The van der Waals surface area contributed by atoms with Crippen molar-refractivity contribution in [2.45, 2.75) is 18.5 Å². The number of likely N-dealkylation sites (N-methyl/N-ethyl adjacent to an activating group) is 1. The molecule has 0 spiro atoms. The lowest BCUT2D eigenvalue weighted by Gasteiger charge is -2.32. The van der Waals surface area contributed by atoms with Gasteiger partial charge in [-0.3, -0.25) is 0 Å². The van der Waals surface area contributed by atoms with Crippen molar-refractivity contribution in [2.75, 3.05) is 26.7 Å². The van der Waals surface area contributed by atoms with Crippen LogP contribution in [0.15, 0.2) is 18.5 Å². The van der Waals surface area contributed by atoms with E-state index in [4.69, 9.17) is 5.73 Å². The van der Waals surface area contributed by atoms with Crippen LogP contribution in [0.3, 0.4) is 0 Å². The van der Waals surface area contributed by atoms with Crippen LogP contribution in [0.5, 0.6) is 0 Å². The zero-order valence-electron chi connectivity index (χ0n) is 9.24. The fourth-order valence-electron chi connectivity index (χ4n) is 2.16. The van der Waals surface area contributed by atoms with E-state index in [9.17, 15) is 0 Å². The van der Waals surface area contributed by atoms with E-state index in [0.29, 0.717) is 6.04 Å². The van der Waals surface area contributed by atoms with Crippen LogP contribution >= 0.6 is 0 Å². The van der Waals surface area contributed by atoms with Gasteiger partial charge >= 0.3 is 0 Å². The molecule has 4 nitrogen and oxygen atoms in total. The Hall–Kier alpha value is -0.840. The topological polar surface area (TPSA) is 57.1 Å². The summed E-state index contributed by atoms with van der Waals surface area (Å²) in [6.07, 6.45) is 4.91. The van der Waals surface area contributed by atoms with E-state index in [-0.39, 0.29) is 6.04 Å². The summed E-state index contributed by atoms with van der Waals surface area (Å²) in [6.45, 7) is 3.30. The van der Waals surface area contributed by atoms with Gasteiger partial charge in [0.05, 0.1) is 0 Å². The minimum Gasteiger partial charge on any atom is -0.367 e. The Morgan fingerprint density at radius 1 is 1.67 bits per heavy atom. The average molecular weight is 208 g/mol. The van der Waals surface area contributed by atoms with E-state index in [0.717, 1.165) is 26.1 Å². The highest BCUT2D eigenvalue weighted by molar-refractivity contribution is 5.13. The molecule has 0 bridgehead atoms. The molecule has 0 radical (unpaired) electrons. The van der Waals surface area contributed by atoms with E-state index >= 15 is 0 Å². The molecule has 0 aromatic carbocycles. The maximum absolute atomic E-state index is 6.14. The van der Waals surface area contributed by atoms with Gasteiger partial charge in [-0.25, -0.2) is 0 Å². The van der Waals surface area contributed by atoms with Crippen molar-refractivity contribution in [1.82, 2.24) is 15.2 Å². The molecule has 2 heterocycles. The van der Waals surface area contributed by atoms with Crippen LogP contribution in [0.2, 0.25) is 0 Å². The Balaban J connectivity index is 1.86. The van der Waals surface area contributed by atoms with E-state index in [2.05, 4.69) is 28.3 Å². The number of hydrogen-bond donors (Lipinski definition) is 3. The Bertz CT molecular complexity index is 283. The maximum Gasteiger partial charge on any atom is 0.0325 e. The van der Waals surface area contributed by atoms with E-state index < -0.39 is 0 Å². The molecule has 4 N–H and O–H groups in total.